The van der Waals surface area contributed by atoms with E-state index in [9.17, 15) is 9.59 Å². The van der Waals surface area contributed by atoms with Gasteiger partial charge in [-0.05, 0) is 59.4 Å². The fourth-order valence-electron chi connectivity index (χ4n) is 3.66. The number of ether oxygens (including phenoxy) is 1. The monoisotopic (exact) mass is 457 g/mol. The van der Waals surface area contributed by atoms with E-state index >= 15 is 0 Å². The third-order valence-corrected chi connectivity index (χ3v) is 5.57. The standard InChI is InChI=1S/C28H31N3O3/c1-19(2)24-16-23(20(3)15-26(24)34-4)18-29-31-27(32)17-25(21-11-7-5-8-12-21)30-28(33)22-13-9-6-10-14-22/h5-16,18-19,25H,17H2,1-4H3,(H,30,33)(H,31,32)/b29-18-/t25-/m1/s1. The van der Waals surface area contributed by atoms with Gasteiger partial charge in [-0.25, -0.2) is 5.43 Å². The van der Waals surface area contributed by atoms with Crippen molar-refractivity contribution in [3.63, 3.8) is 0 Å². The molecule has 0 fully saturated rings. The predicted octanol–water partition coefficient (Wildman–Crippen LogP) is 5.14. The lowest BCUT2D eigenvalue weighted by atomic mass is 9.97. The van der Waals surface area contributed by atoms with E-state index in [1.165, 1.54) is 0 Å². The minimum Gasteiger partial charge on any atom is -0.496 e. The largest absolute Gasteiger partial charge is 0.496 e. The zero-order valence-corrected chi connectivity index (χ0v) is 20.0. The van der Waals surface area contributed by atoms with Crippen molar-refractivity contribution in [1.29, 1.82) is 0 Å². The van der Waals surface area contributed by atoms with Gasteiger partial charge in [0, 0.05) is 5.56 Å². The number of nitrogens with one attached hydrogen (secondary N) is 2. The van der Waals surface area contributed by atoms with Crippen LogP contribution >= 0.6 is 0 Å². The van der Waals surface area contributed by atoms with Gasteiger partial charge in [0.1, 0.15) is 5.75 Å². The van der Waals surface area contributed by atoms with Gasteiger partial charge >= 0.3 is 0 Å². The third kappa shape index (κ3) is 6.54. The van der Waals surface area contributed by atoms with Crippen LogP contribution in [0.5, 0.6) is 5.75 Å². The topological polar surface area (TPSA) is 79.8 Å². The highest BCUT2D eigenvalue weighted by Gasteiger charge is 2.19. The molecule has 0 aliphatic carbocycles. The first-order valence-electron chi connectivity index (χ1n) is 11.3. The highest BCUT2D eigenvalue weighted by molar-refractivity contribution is 5.94. The SMILES string of the molecule is COc1cc(C)c(/C=N\NC(=O)C[C@@H](NC(=O)c2ccccc2)c2ccccc2)cc1C(C)C. The number of methoxy groups -OCH3 is 1. The van der Waals surface area contributed by atoms with Crippen LogP contribution in [-0.4, -0.2) is 25.1 Å². The maximum absolute atomic E-state index is 12.7. The number of benzene rings is 3. The normalized spacial score (nSPS) is 11.9. The van der Waals surface area contributed by atoms with Crippen LogP contribution in [0.4, 0.5) is 0 Å². The molecule has 0 bridgehead atoms. The average Bonchev–Trinajstić information content (AvgIpc) is 2.85. The number of aryl methyl sites for hydroxylation is 1. The summed E-state index contributed by atoms with van der Waals surface area (Å²) in [7, 11) is 1.66. The molecule has 0 unspecified atom stereocenters. The van der Waals surface area contributed by atoms with Crippen LogP contribution in [0.2, 0.25) is 0 Å². The van der Waals surface area contributed by atoms with Crippen molar-refractivity contribution in [3.8, 4) is 5.75 Å². The zero-order chi connectivity index (χ0) is 24.5. The van der Waals surface area contributed by atoms with E-state index in [0.717, 1.165) is 28.0 Å². The first-order chi connectivity index (χ1) is 16.4. The molecule has 6 nitrogen and oxygen atoms in total. The quantitative estimate of drug-likeness (QED) is 0.345. The Morgan fingerprint density at radius 3 is 2.26 bits per heavy atom. The van der Waals surface area contributed by atoms with Crippen LogP contribution in [0, 0.1) is 6.92 Å². The number of hydrogen-bond donors (Lipinski definition) is 2. The van der Waals surface area contributed by atoms with Crippen molar-refractivity contribution in [2.75, 3.05) is 7.11 Å². The smallest absolute Gasteiger partial charge is 0.251 e. The summed E-state index contributed by atoms with van der Waals surface area (Å²) in [5, 5.41) is 7.13. The first-order valence-corrected chi connectivity index (χ1v) is 11.3. The van der Waals surface area contributed by atoms with Crippen LogP contribution in [0.3, 0.4) is 0 Å². The van der Waals surface area contributed by atoms with Gasteiger partial charge < -0.3 is 10.1 Å². The van der Waals surface area contributed by atoms with E-state index in [1.807, 2.05) is 55.5 Å². The Labute approximate surface area is 201 Å². The number of amides is 2. The number of carbonyl (C=O) groups is 2. The average molecular weight is 458 g/mol. The van der Waals surface area contributed by atoms with Gasteiger partial charge in [-0.2, -0.15) is 5.10 Å². The lowest BCUT2D eigenvalue weighted by Crippen LogP contribution is -2.32. The Balaban J connectivity index is 1.71. The van der Waals surface area contributed by atoms with Crippen LogP contribution < -0.4 is 15.5 Å². The fraction of sp³-hybridized carbons (Fsp3) is 0.250. The summed E-state index contributed by atoms with van der Waals surface area (Å²) in [4.78, 5) is 25.4. The summed E-state index contributed by atoms with van der Waals surface area (Å²) in [5.41, 5.74) is 6.96. The summed E-state index contributed by atoms with van der Waals surface area (Å²) < 4.78 is 5.49. The lowest BCUT2D eigenvalue weighted by Gasteiger charge is -2.18. The molecule has 34 heavy (non-hydrogen) atoms. The Kier molecular flexibility index (Phi) is 8.57. The molecule has 0 aliphatic rings. The zero-order valence-electron chi connectivity index (χ0n) is 20.0. The first kappa shape index (κ1) is 24.7. The summed E-state index contributed by atoms with van der Waals surface area (Å²) in [6.07, 6.45) is 1.69. The molecule has 1 atom stereocenters. The molecule has 0 radical (unpaired) electrons. The molecule has 0 spiro atoms. The van der Waals surface area contributed by atoms with Crippen molar-refractivity contribution in [1.82, 2.24) is 10.7 Å². The van der Waals surface area contributed by atoms with E-state index in [0.29, 0.717) is 5.56 Å². The molecule has 0 heterocycles. The number of nitrogens with zero attached hydrogens (tertiary/aromatic N) is 1. The Bertz CT molecular complexity index is 1140. The van der Waals surface area contributed by atoms with Crippen molar-refractivity contribution in [2.45, 2.75) is 39.2 Å². The third-order valence-electron chi connectivity index (χ3n) is 5.57. The maximum atomic E-state index is 12.7. The van der Waals surface area contributed by atoms with Gasteiger partial charge in [0.15, 0.2) is 0 Å². The molecule has 2 amide bonds. The van der Waals surface area contributed by atoms with Crippen molar-refractivity contribution in [3.05, 3.63) is 101 Å². The number of rotatable bonds is 9. The fourth-order valence-corrected chi connectivity index (χ4v) is 3.66. The van der Waals surface area contributed by atoms with Gasteiger partial charge in [0.05, 0.1) is 25.8 Å². The molecule has 2 N–H and O–H groups in total. The molecule has 0 aromatic heterocycles. The summed E-state index contributed by atoms with van der Waals surface area (Å²) >= 11 is 0. The lowest BCUT2D eigenvalue weighted by molar-refractivity contribution is -0.121. The van der Waals surface area contributed by atoms with Gasteiger partial charge in [-0.1, -0.05) is 62.4 Å². The summed E-state index contributed by atoms with van der Waals surface area (Å²) in [6.45, 7) is 6.17. The molecule has 0 aliphatic heterocycles. The molecule has 0 saturated heterocycles. The highest BCUT2D eigenvalue weighted by Crippen LogP contribution is 2.29. The molecule has 6 heteroatoms. The van der Waals surface area contributed by atoms with Crippen molar-refractivity contribution < 1.29 is 14.3 Å². The van der Waals surface area contributed by atoms with Crippen LogP contribution in [0.1, 0.15) is 64.8 Å². The van der Waals surface area contributed by atoms with E-state index in [2.05, 4.69) is 29.7 Å². The van der Waals surface area contributed by atoms with Gasteiger partial charge in [0.2, 0.25) is 5.91 Å². The maximum Gasteiger partial charge on any atom is 0.251 e. The van der Waals surface area contributed by atoms with E-state index in [4.69, 9.17) is 4.74 Å². The molecular weight excluding hydrogens is 426 g/mol. The van der Waals surface area contributed by atoms with Gasteiger partial charge in [-0.15, -0.1) is 0 Å². The van der Waals surface area contributed by atoms with Crippen molar-refractivity contribution >= 4 is 18.0 Å². The Hall–Kier alpha value is -3.93. The van der Waals surface area contributed by atoms with Gasteiger partial charge in [-0.3, -0.25) is 9.59 Å². The second kappa shape index (κ2) is 11.8. The number of carbonyl (C=O) groups excluding carboxylic acids is 2. The molecular formula is C28H31N3O3. The van der Waals surface area contributed by atoms with Crippen LogP contribution in [0.25, 0.3) is 0 Å². The molecule has 3 aromatic carbocycles. The highest BCUT2D eigenvalue weighted by atomic mass is 16.5. The van der Waals surface area contributed by atoms with Crippen molar-refractivity contribution in [2.24, 2.45) is 5.10 Å². The summed E-state index contributed by atoms with van der Waals surface area (Å²) in [5.74, 6) is 0.597. The second-order valence-corrected chi connectivity index (χ2v) is 8.41. The molecule has 3 aromatic rings. The predicted molar refractivity (Wildman–Crippen MR) is 135 cm³/mol. The number of hydrogen-bond acceptors (Lipinski definition) is 4. The molecule has 0 saturated carbocycles. The minimum absolute atomic E-state index is 0.0543. The number of hydrazone groups is 1. The molecule has 176 valence electrons. The van der Waals surface area contributed by atoms with E-state index in [1.54, 1.807) is 37.6 Å². The van der Waals surface area contributed by atoms with Crippen LogP contribution in [-0.2, 0) is 4.79 Å². The Morgan fingerprint density at radius 1 is 1.00 bits per heavy atom. The summed E-state index contributed by atoms with van der Waals surface area (Å²) in [6, 6.07) is 21.9. The van der Waals surface area contributed by atoms with E-state index in [-0.39, 0.29) is 24.2 Å². The van der Waals surface area contributed by atoms with Gasteiger partial charge in [0.25, 0.3) is 5.91 Å². The second-order valence-electron chi connectivity index (χ2n) is 8.41. The van der Waals surface area contributed by atoms with E-state index < -0.39 is 6.04 Å². The Morgan fingerprint density at radius 2 is 1.65 bits per heavy atom. The van der Waals surface area contributed by atoms with Crippen LogP contribution in [0.15, 0.2) is 77.9 Å². The minimum atomic E-state index is -0.487. The molecule has 3 rings (SSSR count).